The minimum atomic E-state index is -1.82. The van der Waals surface area contributed by atoms with Crippen molar-refractivity contribution in [3.05, 3.63) is 18.7 Å². The maximum Gasteiger partial charge on any atom is 0.414 e. The molecular formula is C21H38N2O4S. The molecule has 0 fully saturated rings. The largest absolute Gasteiger partial charge is 0.473 e. The van der Waals surface area contributed by atoms with Crippen molar-refractivity contribution >= 4 is 23.7 Å². The van der Waals surface area contributed by atoms with Gasteiger partial charge in [0.05, 0.1) is 6.33 Å². The van der Waals surface area contributed by atoms with Gasteiger partial charge >= 0.3 is 11.9 Å². The van der Waals surface area contributed by atoms with Gasteiger partial charge in [-0.15, -0.1) is 0 Å². The molecule has 0 radical (unpaired) electrons. The second-order valence-corrected chi connectivity index (χ2v) is 8.36. The summed E-state index contributed by atoms with van der Waals surface area (Å²) in [6.45, 7) is 5.71. The highest BCUT2D eigenvalue weighted by molar-refractivity contribution is 7.99. The highest BCUT2D eigenvalue weighted by Crippen LogP contribution is 2.23. The van der Waals surface area contributed by atoms with Gasteiger partial charge in [-0.25, -0.2) is 14.6 Å². The molecule has 1 aromatic rings. The smallest absolute Gasteiger partial charge is 0.414 e. The van der Waals surface area contributed by atoms with Gasteiger partial charge < -0.3 is 14.8 Å². The zero-order valence-electron chi connectivity index (χ0n) is 17.5. The van der Waals surface area contributed by atoms with Crippen molar-refractivity contribution in [2.75, 3.05) is 5.75 Å². The second kappa shape index (κ2) is 18.8. The van der Waals surface area contributed by atoms with Crippen molar-refractivity contribution < 1.29 is 19.8 Å². The van der Waals surface area contributed by atoms with Crippen LogP contribution in [0.4, 0.5) is 0 Å². The van der Waals surface area contributed by atoms with Crippen LogP contribution in [0.15, 0.2) is 18.7 Å². The number of carbonyl (C=O) groups is 2. The van der Waals surface area contributed by atoms with Crippen molar-refractivity contribution in [3.8, 4) is 0 Å². The third-order valence-electron chi connectivity index (χ3n) is 4.43. The molecule has 1 rings (SSSR count). The number of rotatable bonds is 15. The van der Waals surface area contributed by atoms with Crippen LogP contribution in [0.25, 0.3) is 0 Å². The summed E-state index contributed by atoms with van der Waals surface area (Å²) in [5, 5.41) is 15.6. The fourth-order valence-electron chi connectivity index (χ4n) is 2.78. The van der Waals surface area contributed by atoms with Crippen LogP contribution < -0.4 is 0 Å². The van der Waals surface area contributed by atoms with Gasteiger partial charge in [-0.05, 0) is 25.0 Å². The maximum atomic E-state index is 9.10. The van der Waals surface area contributed by atoms with Crippen LogP contribution in [0.5, 0.6) is 0 Å². The monoisotopic (exact) mass is 414 g/mol. The molecule has 28 heavy (non-hydrogen) atoms. The van der Waals surface area contributed by atoms with Crippen molar-refractivity contribution in [2.45, 2.75) is 96.3 Å². The zero-order chi connectivity index (χ0) is 21.0. The molecule has 0 saturated carbocycles. The van der Waals surface area contributed by atoms with Crippen LogP contribution in [-0.2, 0) is 16.1 Å². The van der Waals surface area contributed by atoms with Crippen LogP contribution in [-0.4, -0.2) is 42.7 Å². The Hall–Kier alpha value is -1.50. The summed E-state index contributed by atoms with van der Waals surface area (Å²) >= 11 is 2.22. The Balaban J connectivity index is 0.00000105. The van der Waals surface area contributed by atoms with Crippen LogP contribution in [0, 0.1) is 0 Å². The predicted molar refractivity (Wildman–Crippen MR) is 116 cm³/mol. The Kier molecular flexibility index (Phi) is 17.8. The first kappa shape index (κ1) is 26.5. The van der Waals surface area contributed by atoms with Crippen LogP contribution in [0.3, 0.4) is 0 Å². The van der Waals surface area contributed by atoms with E-state index < -0.39 is 11.9 Å². The van der Waals surface area contributed by atoms with E-state index in [9.17, 15) is 0 Å². The lowest BCUT2D eigenvalue weighted by Gasteiger charge is -2.17. The molecule has 0 aliphatic heterocycles. The number of thioether (sulfide) groups is 1. The van der Waals surface area contributed by atoms with E-state index in [-0.39, 0.29) is 0 Å². The van der Waals surface area contributed by atoms with Crippen molar-refractivity contribution in [1.82, 2.24) is 9.55 Å². The Bertz CT molecular complexity index is 483. The van der Waals surface area contributed by atoms with Gasteiger partial charge in [0.15, 0.2) is 0 Å². The first-order chi connectivity index (χ1) is 13.5. The van der Waals surface area contributed by atoms with E-state index in [1.807, 2.05) is 12.5 Å². The molecule has 6 nitrogen and oxygen atoms in total. The Morgan fingerprint density at radius 2 is 1.54 bits per heavy atom. The van der Waals surface area contributed by atoms with E-state index in [1.54, 1.807) is 0 Å². The van der Waals surface area contributed by atoms with Crippen LogP contribution in [0.2, 0.25) is 0 Å². The number of unbranched alkanes of at least 4 members (excludes halogenated alkanes) is 7. The Morgan fingerprint density at radius 1 is 0.929 bits per heavy atom. The van der Waals surface area contributed by atoms with Crippen LogP contribution in [0.1, 0.15) is 84.5 Å². The summed E-state index contributed by atoms with van der Waals surface area (Å²) in [6, 6.07) is 0. The quantitative estimate of drug-likeness (QED) is 0.292. The van der Waals surface area contributed by atoms with E-state index in [4.69, 9.17) is 19.8 Å². The second-order valence-electron chi connectivity index (χ2n) is 6.96. The first-order valence-corrected chi connectivity index (χ1v) is 11.6. The lowest BCUT2D eigenvalue weighted by atomic mass is 10.1. The molecule has 7 heteroatoms. The molecule has 2 N–H and O–H groups in total. The number of aromatic nitrogens is 2. The normalized spacial score (nSPS) is 11.5. The zero-order valence-corrected chi connectivity index (χ0v) is 18.3. The van der Waals surface area contributed by atoms with Gasteiger partial charge in [0.1, 0.15) is 0 Å². The van der Waals surface area contributed by atoms with Crippen LogP contribution >= 0.6 is 11.8 Å². The fraction of sp³-hybridized carbons (Fsp3) is 0.762. The standard InChI is InChI=1S/C19H36N2S.C2H2O4/c1-3-5-7-8-9-11-17-22-19(12-10-6-4-2)13-15-21-16-14-20-18-21;3-1(4)2(5)6/h14,16,18-19H,3-13,15,17H2,1-2H3;(H,3,4)(H,5,6). The Morgan fingerprint density at radius 3 is 2.11 bits per heavy atom. The van der Waals surface area contributed by atoms with E-state index >= 15 is 0 Å². The lowest BCUT2D eigenvalue weighted by molar-refractivity contribution is -0.159. The molecule has 1 unspecified atom stereocenters. The van der Waals surface area contributed by atoms with E-state index in [0.29, 0.717) is 0 Å². The predicted octanol–water partition coefficient (Wildman–Crippen LogP) is 5.47. The molecule has 1 atom stereocenters. The molecule has 0 spiro atoms. The van der Waals surface area contributed by atoms with Gasteiger partial charge in [0, 0.05) is 24.2 Å². The molecule has 0 aliphatic rings. The summed E-state index contributed by atoms with van der Waals surface area (Å²) in [5.74, 6) is -2.29. The van der Waals surface area contributed by atoms with E-state index in [0.717, 1.165) is 11.8 Å². The van der Waals surface area contributed by atoms with E-state index in [1.165, 1.54) is 76.4 Å². The minimum Gasteiger partial charge on any atom is -0.473 e. The highest BCUT2D eigenvalue weighted by Gasteiger charge is 2.09. The number of aryl methyl sites for hydroxylation is 1. The molecule has 0 aromatic carbocycles. The number of nitrogens with zero attached hydrogens (tertiary/aromatic N) is 2. The maximum absolute atomic E-state index is 9.10. The number of carboxylic acid groups (broad SMARTS) is 2. The van der Waals surface area contributed by atoms with Crippen molar-refractivity contribution in [2.24, 2.45) is 0 Å². The third-order valence-corrected chi connectivity index (χ3v) is 5.90. The van der Waals surface area contributed by atoms with E-state index in [2.05, 4.69) is 41.4 Å². The summed E-state index contributed by atoms with van der Waals surface area (Å²) in [7, 11) is 0. The Labute approximate surface area is 174 Å². The highest BCUT2D eigenvalue weighted by atomic mass is 32.2. The van der Waals surface area contributed by atoms with Crippen molar-refractivity contribution in [3.63, 3.8) is 0 Å². The van der Waals surface area contributed by atoms with Gasteiger partial charge in [-0.2, -0.15) is 11.8 Å². The molecule has 0 aliphatic carbocycles. The lowest BCUT2D eigenvalue weighted by Crippen LogP contribution is -2.09. The molecule has 1 aromatic heterocycles. The van der Waals surface area contributed by atoms with Crippen molar-refractivity contribution in [1.29, 1.82) is 0 Å². The number of hydrogen-bond donors (Lipinski definition) is 2. The average molecular weight is 415 g/mol. The molecular weight excluding hydrogens is 376 g/mol. The number of aliphatic carboxylic acids is 2. The molecule has 1 heterocycles. The summed E-state index contributed by atoms with van der Waals surface area (Å²) in [4.78, 5) is 22.3. The first-order valence-electron chi connectivity index (χ1n) is 10.5. The van der Waals surface area contributed by atoms with Gasteiger partial charge in [0.2, 0.25) is 0 Å². The topological polar surface area (TPSA) is 92.4 Å². The molecule has 0 bridgehead atoms. The summed E-state index contributed by atoms with van der Waals surface area (Å²) in [6.07, 6.45) is 21.2. The van der Waals surface area contributed by atoms with Gasteiger partial charge in [-0.3, -0.25) is 0 Å². The third kappa shape index (κ3) is 16.7. The number of imidazole rings is 1. The molecule has 0 saturated heterocycles. The SMILES string of the molecule is CCCCCCCCSC(CCCCC)CCn1ccnc1.O=C(O)C(=O)O. The summed E-state index contributed by atoms with van der Waals surface area (Å²) in [5.41, 5.74) is 0. The van der Waals surface area contributed by atoms with Gasteiger partial charge in [-0.1, -0.05) is 65.2 Å². The molecule has 162 valence electrons. The summed E-state index contributed by atoms with van der Waals surface area (Å²) < 4.78 is 2.22. The fourth-order valence-corrected chi connectivity index (χ4v) is 4.09. The number of hydrogen-bond acceptors (Lipinski definition) is 4. The molecule has 0 amide bonds. The average Bonchev–Trinajstić information content (AvgIpc) is 3.19. The number of carboxylic acids is 2. The van der Waals surface area contributed by atoms with Gasteiger partial charge in [0.25, 0.3) is 0 Å². The minimum absolute atomic E-state index is 0.838.